The SMILES string of the molecule is CC1(C)c2ccccc2-c2ccc(N(c3ccc4c(c3)C3(c5ccccc5-c5ccccc53)c3ccc5ccccc5c3-4)c3ccc4c(c3)C3(c5ccccc5-4)c4ccccc4-n4c5ccccc5c5cccc3c54)cc21. The van der Waals surface area contributed by atoms with Crippen molar-refractivity contribution >= 4 is 49.6 Å². The molecule has 0 saturated carbocycles. The fraction of sp³-hybridized carbons (Fsp3) is 0.0667. The normalized spacial score (nSPS) is 16.4. The summed E-state index contributed by atoms with van der Waals surface area (Å²) in [4.78, 5) is 2.59. The summed E-state index contributed by atoms with van der Waals surface area (Å²) in [5.74, 6) is 0. The van der Waals surface area contributed by atoms with Crippen LogP contribution in [0.4, 0.5) is 17.1 Å². The lowest BCUT2D eigenvalue weighted by Crippen LogP contribution is -2.33. The molecule has 0 N–H and O–H groups in total. The average molecular weight is 977 g/mol. The van der Waals surface area contributed by atoms with Crippen molar-refractivity contribution in [2.75, 3.05) is 4.90 Å². The predicted octanol–water partition coefficient (Wildman–Crippen LogP) is 18.7. The molecule has 2 nitrogen and oxygen atoms in total. The molecule has 0 saturated heterocycles. The second kappa shape index (κ2) is 14.5. The summed E-state index contributed by atoms with van der Waals surface area (Å²) in [7, 11) is 0. The second-order valence-electron chi connectivity index (χ2n) is 22.6. The van der Waals surface area contributed by atoms with Crippen LogP contribution in [-0.2, 0) is 16.2 Å². The van der Waals surface area contributed by atoms with Crippen LogP contribution in [0.25, 0.3) is 82.8 Å². The maximum absolute atomic E-state index is 2.59. The maximum Gasteiger partial charge on any atom is 0.0755 e. The van der Waals surface area contributed by atoms with E-state index in [-0.39, 0.29) is 5.41 Å². The Hall–Kier alpha value is -9.50. The third kappa shape index (κ3) is 4.90. The van der Waals surface area contributed by atoms with Crippen LogP contribution in [0.5, 0.6) is 0 Å². The maximum atomic E-state index is 2.59. The molecule has 1 atom stereocenters. The Labute approximate surface area is 447 Å². The summed E-state index contributed by atoms with van der Waals surface area (Å²) in [6.45, 7) is 4.80. The van der Waals surface area contributed by atoms with Crippen molar-refractivity contribution in [3.8, 4) is 50.2 Å². The molecule has 2 heteroatoms. The van der Waals surface area contributed by atoms with E-state index in [1.54, 1.807) is 0 Å². The van der Waals surface area contributed by atoms with Crippen LogP contribution in [0.2, 0.25) is 0 Å². The van der Waals surface area contributed by atoms with Gasteiger partial charge in [-0.3, -0.25) is 0 Å². The van der Waals surface area contributed by atoms with Crippen LogP contribution < -0.4 is 4.90 Å². The van der Waals surface area contributed by atoms with E-state index in [0.29, 0.717) is 0 Å². The van der Waals surface area contributed by atoms with Gasteiger partial charge in [0.15, 0.2) is 0 Å². The molecule has 5 aliphatic rings. The highest BCUT2D eigenvalue weighted by atomic mass is 15.1. The minimum atomic E-state index is -0.600. The Kier molecular flexibility index (Phi) is 7.85. The predicted molar refractivity (Wildman–Crippen MR) is 318 cm³/mol. The molecule has 358 valence electrons. The summed E-state index contributed by atoms with van der Waals surface area (Å²) >= 11 is 0. The minimum absolute atomic E-state index is 0.192. The van der Waals surface area contributed by atoms with Gasteiger partial charge in [-0.05, 0) is 159 Å². The van der Waals surface area contributed by atoms with E-state index in [0.717, 1.165) is 17.1 Å². The monoisotopic (exact) mass is 976 g/mol. The highest BCUT2D eigenvalue weighted by molar-refractivity contribution is 6.13. The number of hydrogen-bond donors (Lipinski definition) is 0. The molecule has 0 amide bonds. The first-order valence-corrected chi connectivity index (χ1v) is 27.3. The first-order chi connectivity index (χ1) is 38.0. The van der Waals surface area contributed by atoms with Gasteiger partial charge in [0.05, 0.1) is 27.6 Å². The Morgan fingerprint density at radius 3 is 1.43 bits per heavy atom. The molecular formula is C75H48N2. The van der Waals surface area contributed by atoms with Crippen LogP contribution in [0.1, 0.15) is 69.5 Å². The van der Waals surface area contributed by atoms with E-state index in [4.69, 9.17) is 0 Å². The highest BCUT2D eigenvalue weighted by Crippen LogP contribution is 2.66. The topological polar surface area (TPSA) is 8.17 Å². The van der Waals surface area contributed by atoms with Crippen LogP contribution in [0, 0.1) is 0 Å². The van der Waals surface area contributed by atoms with E-state index in [1.807, 2.05) is 0 Å². The number of nitrogens with zero attached hydrogens (tertiary/aromatic N) is 2. The van der Waals surface area contributed by atoms with Crippen molar-refractivity contribution in [1.82, 2.24) is 4.57 Å². The fourth-order valence-electron chi connectivity index (χ4n) is 16.0. The molecular weight excluding hydrogens is 929 g/mol. The van der Waals surface area contributed by atoms with E-state index < -0.39 is 10.8 Å². The minimum Gasteiger partial charge on any atom is -0.310 e. The number of rotatable bonds is 3. The fourth-order valence-corrected chi connectivity index (χ4v) is 16.0. The number of hydrogen-bond acceptors (Lipinski definition) is 1. The first kappa shape index (κ1) is 41.8. The molecule has 1 unspecified atom stereocenters. The van der Waals surface area contributed by atoms with Crippen molar-refractivity contribution in [3.05, 3.63) is 310 Å². The molecule has 2 spiro atoms. The summed E-state index contributed by atoms with van der Waals surface area (Å²) in [5.41, 5.74) is 29.6. The molecule has 13 aromatic rings. The van der Waals surface area contributed by atoms with Crippen LogP contribution >= 0.6 is 0 Å². The van der Waals surface area contributed by atoms with E-state index in [9.17, 15) is 0 Å². The largest absolute Gasteiger partial charge is 0.310 e. The van der Waals surface area contributed by atoms with Gasteiger partial charge in [0.2, 0.25) is 0 Å². The molecule has 77 heavy (non-hydrogen) atoms. The molecule has 4 aliphatic carbocycles. The van der Waals surface area contributed by atoms with Crippen molar-refractivity contribution < 1.29 is 0 Å². The van der Waals surface area contributed by atoms with Crippen LogP contribution in [0.3, 0.4) is 0 Å². The Morgan fingerprint density at radius 2 is 0.753 bits per heavy atom. The zero-order valence-electron chi connectivity index (χ0n) is 42.6. The number of aromatic nitrogens is 1. The lowest BCUT2D eigenvalue weighted by atomic mass is 9.65. The number of anilines is 3. The van der Waals surface area contributed by atoms with Gasteiger partial charge in [-0.15, -0.1) is 0 Å². The standard InChI is InChI=1S/C75H48N2/c1-73(2)59-26-10-5-20-50(59)54-38-35-46(42-66(54)73)76(48-37-40-58-68(44-48)74(64-41-34-45-18-3-4-19-49(45)71(58)64)60-27-11-6-21-51(60)52-22-7-12-28-61(52)74)47-36-39-55-53-23-8-13-29-62(53)75(67(55)43-47)63-30-14-16-33-70(63)77-69-32-15-9-24-56(69)57-25-17-31-65(75)72(57)77/h3-44H,1-2H3. The molecule has 18 rings (SSSR count). The third-order valence-corrected chi connectivity index (χ3v) is 19.0. The van der Waals surface area contributed by atoms with Crippen LogP contribution in [0.15, 0.2) is 255 Å². The summed E-state index contributed by atoms with van der Waals surface area (Å²) in [5, 5.41) is 5.12. The Balaban J connectivity index is 0.941. The van der Waals surface area contributed by atoms with Gasteiger partial charge in [-0.25, -0.2) is 0 Å². The first-order valence-electron chi connectivity index (χ1n) is 27.3. The number of benzene rings is 12. The van der Waals surface area contributed by atoms with Crippen molar-refractivity contribution in [2.45, 2.75) is 30.1 Å². The van der Waals surface area contributed by atoms with Gasteiger partial charge < -0.3 is 9.47 Å². The smallest absolute Gasteiger partial charge is 0.0755 e. The van der Waals surface area contributed by atoms with E-state index in [2.05, 4.69) is 278 Å². The van der Waals surface area contributed by atoms with Crippen LogP contribution in [-0.4, -0.2) is 4.57 Å². The van der Waals surface area contributed by atoms with Gasteiger partial charge >= 0.3 is 0 Å². The van der Waals surface area contributed by atoms with Gasteiger partial charge in [-0.2, -0.15) is 0 Å². The third-order valence-electron chi connectivity index (χ3n) is 19.0. The molecule has 1 aromatic heterocycles. The molecule has 12 aromatic carbocycles. The quantitative estimate of drug-likeness (QED) is 0.171. The molecule has 2 heterocycles. The van der Waals surface area contributed by atoms with Crippen molar-refractivity contribution in [1.29, 1.82) is 0 Å². The van der Waals surface area contributed by atoms with Gasteiger partial charge in [0.1, 0.15) is 0 Å². The van der Waals surface area contributed by atoms with E-state index in [1.165, 1.54) is 138 Å². The average Bonchev–Trinajstić information content (AvgIpc) is 4.08. The molecule has 0 fully saturated rings. The number of para-hydroxylation sites is 3. The number of fused-ring (bicyclic) bond motifs is 27. The Bertz CT molecular complexity index is 4770. The summed E-state index contributed by atoms with van der Waals surface area (Å²) in [6.07, 6.45) is 0. The second-order valence-corrected chi connectivity index (χ2v) is 22.6. The zero-order chi connectivity index (χ0) is 50.5. The van der Waals surface area contributed by atoms with Crippen molar-refractivity contribution in [3.63, 3.8) is 0 Å². The Morgan fingerprint density at radius 1 is 0.299 bits per heavy atom. The summed E-state index contributed by atoms with van der Waals surface area (Å²) < 4.78 is 2.54. The lowest BCUT2D eigenvalue weighted by Gasteiger charge is -2.40. The highest BCUT2D eigenvalue weighted by Gasteiger charge is 2.54. The molecule has 0 radical (unpaired) electrons. The molecule has 0 bridgehead atoms. The van der Waals surface area contributed by atoms with Crippen molar-refractivity contribution in [2.24, 2.45) is 0 Å². The van der Waals surface area contributed by atoms with Gasteiger partial charge in [0.25, 0.3) is 0 Å². The zero-order valence-corrected chi connectivity index (χ0v) is 42.6. The lowest BCUT2D eigenvalue weighted by molar-refractivity contribution is 0.660. The van der Waals surface area contributed by atoms with Gasteiger partial charge in [-0.1, -0.05) is 220 Å². The molecule has 1 aliphatic heterocycles. The summed E-state index contributed by atoms with van der Waals surface area (Å²) in [6, 6.07) is 97.7. The van der Waals surface area contributed by atoms with Gasteiger partial charge in [0, 0.05) is 33.2 Å². The van der Waals surface area contributed by atoms with E-state index >= 15 is 0 Å².